The number of allylic oxidation sites excluding steroid dienone is 12. The summed E-state index contributed by atoms with van der Waals surface area (Å²) in [5.41, 5.74) is 6.67. The van der Waals surface area contributed by atoms with E-state index in [2.05, 4.69) is 78.7 Å². The molecule has 1 rings (SSSR count). The van der Waals surface area contributed by atoms with Gasteiger partial charge in [0.05, 0.1) is 13.0 Å². The highest BCUT2D eigenvalue weighted by molar-refractivity contribution is 5.75. The molecule has 32 heavy (non-hydrogen) atoms. The van der Waals surface area contributed by atoms with E-state index >= 15 is 0 Å². The quantitative estimate of drug-likeness (QED) is 0.186. The van der Waals surface area contributed by atoms with E-state index in [-0.39, 0.29) is 29.6 Å². The number of hydrogen-bond acceptors (Lipinski definition) is 2. The van der Waals surface area contributed by atoms with E-state index in [1.807, 2.05) is 25.2 Å². The van der Waals surface area contributed by atoms with Crippen molar-refractivity contribution in [3.05, 3.63) is 95.7 Å². The van der Waals surface area contributed by atoms with Gasteiger partial charge in [-0.15, -0.1) is 0 Å². The molecule has 4 unspecified atom stereocenters. The van der Waals surface area contributed by atoms with Gasteiger partial charge in [-0.1, -0.05) is 83.0 Å². The van der Waals surface area contributed by atoms with Crippen molar-refractivity contribution in [2.24, 2.45) is 23.7 Å². The fourth-order valence-corrected chi connectivity index (χ4v) is 4.57. The molecule has 0 aromatic heterocycles. The van der Waals surface area contributed by atoms with Crippen LogP contribution >= 0.6 is 0 Å². The van der Waals surface area contributed by atoms with E-state index < -0.39 is 0 Å². The Hall–Kier alpha value is -2.61. The summed E-state index contributed by atoms with van der Waals surface area (Å²) in [6.07, 6.45) is 16.2. The Balaban J connectivity index is 3.46. The minimum atomic E-state index is -0.202. The Morgan fingerprint density at radius 3 is 2.34 bits per heavy atom. The minimum Gasteiger partial charge on any atom is -0.469 e. The second-order valence-corrected chi connectivity index (χ2v) is 8.64. The van der Waals surface area contributed by atoms with Gasteiger partial charge >= 0.3 is 5.97 Å². The van der Waals surface area contributed by atoms with Gasteiger partial charge in [-0.25, -0.2) is 0 Å². The van der Waals surface area contributed by atoms with E-state index in [0.717, 1.165) is 34.3 Å². The lowest BCUT2D eigenvalue weighted by molar-refractivity contribution is -0.143. The Kier molecular flexibility index (Phi) is 11.2. The van der Waals surface area contributed by atoms with Gasteiger partial charge in [0, 0.05) is 0 Å². The fraction of sp³-hybridized carbons (Fsp3) is 0.433. The second-order valence-electron chi connectivity index (χ2n) is 8.64. The van der Waals surface area contributed by atoms with Crippen LogP contribution in [0.2, 0.25) is 0 Å². The molecule has 0 spiro atoms. The van der Waals surface area contributed by atoms with Crippen molar-refractivity contribution >= 4 is 5.97 Å². The van der Waals surface area contributed by atoms with Gasteiger partial charge in [0.2, 0.25) is 0 Å². The molecule has 0 bridgehead atoms. The molecule has 0 aliphatic heterocycles. The highest BCUT2D eigenvalue weighted by atomic mass is 16.5. The molecular weight excluding hydrogens is 392 g/mol. The van der Waals surface area contributed by atoms with Crippen molar-refractivity contribution < 1.29 is 9.53 Å². The standard InChI is InChI=1S/C30H42O2/c1-11-14-21(5)23(7)28(20(4)13-3)25(9)29(22(6)15-12-2)24(8)26-16-18-27(19-17-26)30(31)32-10/h11-12,14-18,22,24,27,29H,4-5,9,13,19H2,1-3,6-8,10H3. The number of esters is 1. The van der Waals surface area contributed by atoms with Crippen LogP contribution in [-0.2, 0) is 9.53 Å². The van der Waals surface area contributed by atoms with Crippen LogP contribution in [0.5, 0.6) is 0 Å². The molecule has 1 aliphatic rings. The topological polar surface area (TPSA) is 26.3 Å². The molecule has 0 N–H and O–H groups in total. The SMILES string of the molecule is C=C(C=CC)C(C)=C(C(=C)CC)C(=C)C(C(C)C=CC)C(C)C1=CCC(C(=O)OC)C=C1. The van der Waals surface area contributed by atoms with Crippen molar-refractivity contribution in [3.63, 3.8) is 0 Å². The van der Waals surface area contributed by atoms with Crippen LogP contribution in [0.3, 0.4) is 0 Å². The summed E-state index contributed by atoms with van der Waals surface area (Å²) >= 11 is 0. The van der Waals surface area contributed by atoms with Crippen LogP contribution < -0.4 is 0 Å². The molecule has 2 nitrogen and oxygen atoms in total. The highest BCUT2D eigenvalue weighted by Gasteiger charge is 2.31. The lowest BCUT2D eigenvalue weighted by Crippen LogP contribution is -2.25. The molecule has 174 valence electrons. The van der Waals surface area contributed by atoms with E-state index in [1.54, 1.807) is 0 Å². The zero-order chi connectivity index (χ0) is 24.4. The lowest BCUT2D eigenvalue weighted by Gasteiger charge is -2.34. The van der Waals surface area contributed by atoms with Crippen LogP contribution in [0.25, 0.3) is 0 Å². The third-order valence-electron chi connectivity index (χ3n) is 6.49. The molecule has 0 aromatic rings. The molecule has 2 heteroatoms. The molecule has 0 aromatic carbocycles. The van der Waals surface area contributed by atoms with Crippen LogP contribution in [-0.4, -0.2) is 13.1 Å². The van der Waals surface area contributed by atoms with E-state index in [1.165, 1.54) is 12.7 Å². The third-order valence-corrected chi connectivity index (χ3v) is 6.49. The van der Waals surface area contributed by atoms with Gasteiger partial charge in [0.15, 0.2) is 0 Å². The zero-order valence-electron chi connectivity index (χ0n) is 21.2. The van der Waals surface area contributed by atoms with Gasteiger partial charge in [0.1, 0.15) is 0 Å². The number of methoxy groups -OCH3 is 1. The molecule has 0 heterocycles. The molecule has 4 atom stereocenters. The highest BCUT2D eigenvalue weighted by Crippen LogP contribution is 2.42. The maximum Gasteiger partial charge on any atom is 0.312 e. The summed E-state index contributed by atoms with van der Waals surface area (Å²) in [6, 6.07) is 0. The lowest BCUT2D eigenvalue weighted by atomic mass is 9.70. The smallest absolute Gasteiger partial charge is 0.312 e. The van der Waals surface area contributed by atoms with Gasteiger partial charge in [-0.2, -0.15) is 0 Å². The molecule has 0 amide bonds. The number of ether oxygens (including phenoxy) is 1. The number of rotatable bonds is 11. The predicted octanol–water partition coefficient (Wildman–Crippen LogP) is 8.10. The molecule has 0 saturated carbocycles. The Labute approximate surface area is 196 Å². The van der Waals surface area contributed by atoms with Crippen molar-refractivity contribution in [2.45, 2.75) is 54.4 Å². The summed E-state index contributed by atoms with van der Waals surface area (Å²) in [6.45, 7) is 26.1. The van der Waals surface area contributed by atoms with Gasteiger partial charge in [-0.3, -0.25) is 4.79 Å². The fourth-order valence-electron chi connectivity index (χ4n) is 4.57. The molecule has 0 fully saturated rings. The normalized spacial score (nSPS) is 19.8. The van der Waals surface area contributed by atoms with Crippen molar-refractivity contribution in [1.29, 1.82) is 0 Å². The number of carbonyl (C=O) groups is 1. The molecule has 0 saturated heterocycles. The summed E-state index contributed by atoms with van der Waals surface area (Å²) in [5, 5.41) is 0. The Morgan fingerprint density at radius 2 is 1.88 bits per heavy atom. The van der Waals surface area contributed by atoms with Crippen molar-refractivity contribution in [3.8, 4) is 0 Å². The van der Waals surface area contributed by atoms with Crippen LogP contribution in [0.1, 0.15) is 54.4 Å². The van der Waals surface area contributed by atoms with Gasteiger partial charge in [0.25, 0.3) is 0 Å². The monoisotopic (exact) mass is 434 g/mol. The summed E-state index contributed by atoms with van der Waals surface area (Å²) in [4.78, 5) is 11.9. The summed E-state index contributed by atoms with van der Waals surface area (Å²) in [5.74, 6) is 0.314. The maximum atomic E-state index is 11.9. The van der Waals surface area contributed by atoms with Gasteiger partial charge < -0.3 is 4.74 Å². The largest absolute Gasteiger partial charge is 0.469 e. The molecule has 0 radical (unpaired) electrons. The predicted molar refractivity (Wildman–Crippen MR) is 139 cm³/mol. The first-order valence-corrected chi connectivity index (χ1v) is 11.6. The third kappa shape index (κ3) is 6.69. The van der Waals surface area contributed by atoms with Gasteiger partial charge in [-0.05, 0) is 84.8 Å². The van der Waals surface area contributed by atoms with E-state index in [4.69, 9.17) is 4.74 Å². The number of hydrogen-bond donors (Lipinski definition) is 0. The van der Waals surface area contributed by atoms with Crippen molar-refractivity contribution in [2.75, 3.05) is 7.11 Å². The first kappa shape index (κ1) is 27.4. The average Bonchev–Trinajstić information content (AvgIpc) is 2.78. The summed E-state index contributed by atoms with van der Waals surface area (Å²) < 4.78 is 4.91. The Bertz CT molecular complexity index is 873. The van der Waals surface area contributed by atoms with Crippen LogP contribution in [0.15, 0.2) is 95.7 Å². The minimum absolute atomic E-state index is 0.184. The first-order chi connectivity index (χ1) is 15.1. The summed E-state index contributed by atoms with van der Waals surface area (Å²) in [7, 11) is 1.44. The number of carbonyl (C=O) groups excluding carboxylic acids is 1. The average molecular weight is 435 g/mol. The molecular formula is C30H42O2. The van der Waals surface area contributed by atoms with Crippen LogP contribution in [0, 0.1) is 23.7 Å². The zero-order valence-corrected chi connectivity index (χ0v) is 21.2. The van der Waals surface area contributed by atoms with E-state index in [0.29, 0.717) is 6.42 Å². The Morgan fingerprint density at radius 1 is 1.22 bits per heavy atom. The second kappa shape index (κ2) is 13.1. The van der Waals surface area contributed by atoms with Crippen molar-refractivity contribution in [1.82, 2.24) is 0 Å². The van der Waals surface area contributed by atoms with E-state index in [9.17, 15) is 4.79 Å². The first-order valence-electron chi connectivity index (χ1n) is 11.6. The molecule has 1 aliphatic carbocycles. The maximum absolute atomic E-state index is 11.9. The van der Waals surface area contributed by atoms with Crippen LogP contribution in [0.4, 0.5) is 0 Å².